The van der Waals surface area contributed by atoms with Gasteiger partial charge in [-0.05, 0) is 54.1 Å². The molecule has 170 valence electrons. The molecule has 0 aliphatic heterocycles. The van der Waals surface area contributed by atoms with Crippen molar-refractivity contribution in [3.05, 3.63) is 127 Å². The lowest BCUT2D eigenvalue weighted by Gasteiger charge is -2.11. The maximum atomic E-state index is 10.8. The Labute approximate surface area is 208 Å². The zero-order chi connectivity index (χ0) is 24.5. The Morgan fingerprint density at radius 3 is 2.33 bits per heavy atom. The Kier molecular flexibility index (Phi) is 5.25. The number of phenols is 1. The van der Waals surface area contributed by atoms with Gasteiger partial charge in [0.15, 0.2) is 5.69 Å². The van der Waals surface area contributed by atoms with Gasteiger partial charge in [0.05, 0.1) is 23.3 Å². The predicted molar refractivity (Wildman–Crippen MR) is 143 cm³/mol. The molecule has 0 radical (unpaired) electrons. The van der Waals surface area contributed by atoms with Crippen LogP contribution in [0.3, 0.4) is 0 Å². The molecular weight excluding hydrogens is 444 g/mol. The number of rotatable bonds is 4. The fraction of sp³-hybridized carbons (Fsp3) is 0. The summed E-state index contributed by atoms with van der Waals surface area (Å²) in [5, 5.41) is 10.8. The van der Waals surface area contributed by atoms with Crippen LogP contribution in [-0.4, -0.2) is 19.6 Å². The van der Waals surface area contributed by atoms with Crippen molar-refractivity contribution in [2.75, 3.05) is 0 Å². The molecule has 36 heavy (non-hydrogen) atoms. The minimum absolute atomic E-state index is 0.0774. The number of pyridine rings is 1. The lowest BCUT2D eigenvalue weighted by molar-refractivity contribution is 0.477. The average Bonchev–Trinajstić information content (AvgIpc) is 3.34. The van der Waals surface area contributed by atoms with Crippen LogP contribution in [0.5, 0.6) is 5.75 Å². The quantitative estimate of drug-likeness (QED) is 0.272. The average molecular weight is 465 g/mol. The maximum Gasteiger partial charge on any atom is 0.188 e. The first kappa shape index (κ1) is 21.3. The SMILES string of the molecule is [C-]#[N+]c1ccc(O)c(-c2nc3c(-c4cccc(-c5ccccn5)c4)cccc3n2-c2ccccc2)c1. The summed E-state index contributed by atoms with van der Waals surface area (Å²) in [5.74, 6) is 0.654. The van der Waals surface area contributed by atoms with E-state index in [1.807, 2.05) is 77.4 Å². The number of benzene rings is 4. The number of nitrogens with zero attached hydrogens (tertiary/aromatic N) is 4. The van der Waals surface area contributed by atoms with E-state index in [0.717, 1.165) is 39.1 Å². The van der Waals surface area contributed by atoms with Gasteiger partial charge in [0, 0.05) is 28.6 Å². The Morgan fingerprint density at radius 2 is 1.53 bits per heavy atom. The minimum atomic E-state index is 0.0774. The van der Waals surface area contributed by atoms with Crippen LogP contribution in [0.1, 0.15) is 0 Å². The summed E-state index contributed by atoms with van der Waals surface area (Å²) < 4.78 is 2.03. The highest BCUT2D eigenvalue weighted by Crippen LogP contribution is 2.39. The van der Waals surface area contributed by atoms with E-state index in [9.17, 15) is 5.11 Å². The number of phenolic OH excluding ortho intramolecular Hbond substituents is 1. The van der Waals surface area contributed by atoms with E-state index in [0.29, 0.717) is 17.1 Å². The largest absolute Gasteiger partial charge is 0.507 e. The van der Waals surface area contributed by atoms with Crippen molar-refractivity contribution >= 4 is 16.7 Å². The second-order valence-electron chi connectivity index (χ2n) is 8.39. The Morgan fingerprint density at radius 1 is 0.722 bits per heavy atom. The van der Waals surface area contributed by atoms with Gasteiger partial charge in [0.25, 0.3) is 0 Å². The number of aromatic nitrogens is 3. The standard InChI is InChI=1S/C31H20N4O/c1-32-23-16-17-29(36)26(20-23)31-34-30-25(13-8-15-28(30)35(31)24-11-3-2-4-12-24)21-9-7-10-22(19-21)27-14-5-6-18-33-27/h2-20,36H. The molecule has 0 fully saturated rings. The highest BCUT2D eigenvalue weighted by Gasteiger charge is 2.20. The van der Waals surface area contributed by atoms with Crippen LogP contribution in [0, 0.1) is 6.57 Å². The molecule has 2 heterocycles. The zero-order valence-electron chi connectivity index (χ0n) is 19.2. The number of hydrogen-bond acceptors (Lipinski definition) is 3. The summed E-state index contributed by atoms with van der Waals surface area (Å²) in [6.45, 7) is 7.45. The van der Waals surface area contributed by atoms with Gasteiger partial charge in [-0.2, -0.15) is 0 Å². The van der Waals surface area contributed by atoms with E-state index >= 15 is 0 Å². The fourth-order valence-electron chi connectivity index (χ4n) is 4.50. The third kappa shape index (κ3) is 3.67. The van der Waals surface area contributed by atoms with E-state index in [1.165, 1.54) is 0 Å². The van der Waals surface area contributed by atoms with Crippen molar-refractivity contribution in [1.29, 1.82) is 0 Å². The van der Waals surface area contributed by atoms with Gasteiger partial charge in [0.2, 0.25) is 0 Å². The first-order chi connectivity index (χ1) is 17.7. The lowest BCUT2D eigenvalue weighted by atomic mass is 10.0. The van der Waals surface area contributed by atoms with Gasteiger partial charge in [0.1, 0.15) is 11.6 Å². The molecule has 4 aromatic carbocycles. The topological polar surface area (TPSA) is 55.3 Å². The van der Waals surface area contributed by atoms with Gasteiger partial charge >= 0.3 is 0 Å². The molecule has 0 aliphatic rings. The molecule has 0 atom stereocenters. The summed E-state index contributed by atoms with van der Waals surface area (Å²) in [5.41, 5.74) is 7.51. The van der Waals surface area contributed by atoms with E-state index in [-0.39, 0.29) is 5.75 Å². The summed E-state index contributed by atoms with van der Waals surface area (Å²) in [6.07, 6.45) is 1.79. The highest BCUT2D eigenvalue weighted by atomic mass is 16.3. The van der Waals surface area contributed by atoms with Crippen LogP contribution in [0.4, 0.5) is 5.69 Å². The molecule has 5 heteroatoms. The van der Waals surface area contributed by atoms with Crippen LogP contribution in [0.15, 0.2) is 115 Å². The summed E-state index contributed by atoms with van der Waals surface area (Å²) in [7, 11) is 0. The van der Waals surface area contributed by atoms with Crippen LogP contribution >= 0.6 is 0 Å². The Hall–Kier alpha value is -5.21. The van der Waals surface area contributed by atoms with Crippen molar-refractivity contribution in [2.24, 2.45) is 0 Å². The van der Waals surface area contributed by atoms with Gasteiger partial charge in [-0.15, -0.1) is 0 Å². The van der Waals surface area contributed by atoms with E-state index in [4.69, 9.17) is 11.6 Å². The van der Waals surface area contributed by atoms with Gasteiger partial charge in [-0.25, -0.2) is 9.83 Å². The molecule has 5 nitrogen and oxygen atoms in total. The van der Waals surface area contributed by atoms with E-state index in [2.05, 4.69) is 28.0 Å². The van der Waals surface area contributed by atoms with E-state index < -0.39 is 0 Å². The number of hydrogen-bond donors (Lipinski definition) is 1. The molecule has 0 spiro atoms. The summed E-state index contributed by atoms with van der Waals surface area (Å²) in [6, 6.07) is 35.0. The predicted octanol–water partition coefficient (Wildman–Crippen LogP) is 7.68. The molecular formula is C31H20N4O. The first-order valence-electron chi connectivity index (χ1n) is 11.5. The van der Waals surface area contributed by atoms with Crippen LogP contribution in [0.25, 0.3) is 55.3 Å². The second-order valence-corrected chi connectivity index (χ2v) is 8.39. The molecule has 0 bridgehead atoms. The van der Waals surface area contributed by atoms with E-state index in [1.54, 1.807) is 24.4 Å². The van der Waals surface area contributed by atoms with Crippen molar-refractivity contribution in [2.45, 2.75) is 0 Å². The first-order valence-corrected chi connectivity index (χ1v) is 11.5. The van der Waals surface area contributed by atoms with Gasteiger partial charge in [-0.3, -0.25) is 9.55 Å². The third-order valence-corrected chi connectivity index (χ3v) is 6.18. The third-order valence-electron chi connectivity index (χ3n) is 6.18. The van der Waals surface area contributed by atoms with Crippen LogP contribution in [0.2, 0.25) is 0 Å². The van der Waals surface area contributed by atoms with Gasteiger partial charge in [-0.1, -0.05) is 60.7 Å². The van der Waals surface area contributed by atoms with Crippen molar-refractivity contribution < 1.29 is 5.11 Å². The zero-order valence-corrected chi connectivity index (χ0v) is 19.2. The maximum absolute atomic E-state index is 10.8. The smallest absolute Gasteiger partial charge is 0.188 e. The molecule has 6 rings (SSSR count). The Bertz CT molecular complexity index is 1750. The van der Waals surface area contributed by atoms with Gasteiger partial charge < -0.3 is 5.11 Å². The number of aromatic hydroxyl groups is 1. The van der Waals surface area contributed by atoms with Crippen molar-refractivity contribution in [3.8, 4) is 45.2 Å². The number of imidazole rings is 1. The molecule has 0 unspecified atom stereocenters. The number of fused-ring (bicyclic) bond motifs is 1. The molecule has 0 aliphatic carbocycles. The normalized spacial score (nSPS) is 10.9. The lowest BCUT2D eigenvalue weighted by Crippen LogP contribution is -1.97. The molecule has 0 amide bonds. The molecule has 6 aromatic rings. The van der Waals surface area contributed by atoms with Crippen molar-refractivity contribution in [1.82, 2.24) is 14.5 Å². The molecule has 1 N–H and O–H groups in total. The minimum Gasteiger partial charge on any atom is -0.507 e. The van der Waals surface area contributed by atoms with Crippen LogP contribution in [-0.2, 0) is 0 Å². The second kappa shape index (κ2) is 8.86. The highest BCUT2D eigenvalue weighted by molar-refractivity contribution is 5.96. The summed E-state index contributed by atoms with van der Waals surface area (Å²) in [4.78, 5) is 13.1. The molecule has 2 aromatic heterocycles. The summed E-state index contributed by atoms with van der Waals surface area (Å²) >= 11 is 0. The molecule has 0 saturated carbocycles. The van der Waals surface area contributed by atoms with Crippen LogP contribution < -0.4 is 0 Å². The Balaban J connectivity index is 1.63. The van der Waals surface area contributed by atoms with Crippen molar-refractivity contribution in [3.63, 3.8) is 0 Å². The molecule has 0 saturated heterocycles. The number of para-hydroxylation sites is 2. The monoisotopic (exact) mass is 464 g/mol. The fourth-order valence-corrected chi connectivity index (χ4v) is 4.50.